The van der Waals surface area contributed by atoms with E-state index in [2.05, 4.69) is 27.5 Å². The minimum atomic E-state index is -0.741. The Hall–Kier alpha value is -1.86. The lowest BCUT2D eigenvalue weighted by atomic mass is 9.98. The zero-order chi connectivity index (χ0) is 11.5. The number of nitrogens with two attached hydrogens (primary N) is 1. The highest BCUT2D eigenvalue weighted by Crippen LogP contribution is 2.21. The number of nitrogens with zero attached hydrogens (tertiary/aromatic N) is 4. The van der Waals surface area contributed by atoms with Gasteiger partial charge >= 0.3 is 6.09 Å². The van der Waals surface area contributed by atoms with Crippen LogP contribution in [0.15, 0.2) is 0 Å². The molecule has 3 N–H and O–H groups in total. The maximum absolute atomic E-state index is 10.7. The standard InChI is InChI=1S/C8H14N6O2/c1-5-2-6(16-7(9)15)4-14(3-5)8-10-12-13-11-8/h5-6H,2-4H2,1H3,(H2,9,15)(H,10,11,12,13)/t5-,6+/m0/s1. The van der Waals surface area contributed by atoms with Gasteiger partial charge in [-0.2, -0.15) is 0 Å². The summed E-state index contributed by atoms with van der Waals surface area (Å²) in [5.74, 6) is 0.979. The maximum atomic E-state index is 10.7. The highest BCUT2D eigenvalue weighted by atomic mass is 16.6. The van der Waals surface area contributed by atoms with Crippen molar-refractivity contribution in [1.29, 1.82) is 0 Å². The summed E-state index contributed by atoms with van der Waals surface area (Å²) in [6, 6.07) is 0. The van der Waals surface area contributed by atoms with Crippen molar-refractivity contribution in [2.75, 3.05) is 18.0 Å². The molecule has 0 aromatic carbocycles. The van der Waals surface area contributed by atoms with Crippen LogP contribution in [0.5, 0.6) is 0 Å². The van der Waals surface area contributed by atoms with E-state index in [1.165, 1.54) is 0 Å². The van der Waals surface area contributed by atoms with Gasteiger partial charge in [0.2, 0.25) is 5.95 Å². The van der Waals surface area contributed by atoms with Gasteiger partial charge in [-0.05, 0) is 22.8 Å². The summed E-state index contributed by atoms with van der Waals surface area (Å²) < 4.78 is 5.00. The molecule has 0 saturated carbocycles. The fraction of sp³-hybridized carbons (Fsp3) is 0.750. The molecule has 2 atom stereocenters. The normalized spacial score (nSPS) is 25.4. The second kappa shape index (κ2) is 4.33. The topological polar surface area (TPSA) is 110 Å². The molecule has 0 radical (unpaired) electrons. The van der Waals surface area contributed by atoms with Gasteiger partial charge in [-0.25, -0.2) is 9.89 Å². The fourth-order valence-corrected chi connectivity index (χ4v) is 2.01. The number of nitrogens with one attached hydrogen (secondary N) is 1. The zero-order valence-electron chi connectivity index (χ0n) is 8.96. The van der Waals surface area contributed by atoms with Gasteiger partial charge < -0.3 is 15.4 Å². The second-order valence-corrected chi connectivity index (χ2v) is 4.03. The van der Waals surface area contributed by atoms with Gasteiger partial charge in [0, 0.05) is 6.54 Å². The average Bonchev–Trinajstić information content (AvgIpc) is 2.67. The molecule has 8 nitrogen and oxygen atoms in total. The first-order valence-corrected chi connectivity index (χ1v) is 5.10. The van der Waals surface area contributed by atoms with Crippen molar-refractivity contribution in [2.45, 2.75) is 19.4 Å². The minimum Gasteiger partial charge on any atom is -0.444 e. The number of hydrogen-bond donors (Lipinski definition) is 2. The molecule has 1 saturated heterocycles. The Morgan fingerprint density at radius 1 is 1.62 bits per heavy atom. The van der Waals surface area contributed by atoms with E-state index in [4.69, 9.17) is 10.5 Å². The maximum Gasteiger partial charge on any atom is 0.404 e. The van der Waals surface area contributed by atoms with Crippen LogP contribution in [0.3, 0.4) is 0 Å². The summed E-state index contributed by atoms with van der Waals surface area (Å²) in [6.07, 6.45) is -0.137. The zero-order valence-corrected chi connectivity index (χ0v) is 8.96. The molecule has 1 aromatic rings. The largest absolute Gasteiger partial charge is 0.444 e. The number of carbonyl (C=O) groups is 1. The third-order valence-electron chi connectivity index (χ3n) is 2.54. The van der Waals surface area contributed by atoms with Crippen LogP contribution in [-0.4, -0.2) is 45.9 Å². The van der Waals surface area contributed by atoms with Gasteiger partial charge in [-0.15, -0.1) is 0 Å². The van der Waals surface area contributed by atoms with Crippen molar-refractivity contribution in [2.24, 2.45) is 11.7 Å². The SMILES string of the molecule is C[C@H]1C[C@@H](OC(N)=O)CN(c2nnn[nH]2)C1. The Balaban J connectivity index is 2.02. The molecular weight excluding hydrogens is 212 g/mol. The predicted octanol–water partition coefficient (Wildman–Crippen LogP) is -0.490. The van der Waals surface area contributed by atoms with Crippen LogP contribution < -0.4 is 10.6 Å². The smallest absolute Gasteiger partial charge is 0.404 e. The molecule has 8 heteroatoms. The van der Waals surface area contributed by atoms with Gasteiger partial charge in [0.1, 0.15) is 6.10 Å². The van der Waals surface area contributed by atoms with E-state index in [0.29, 0.717) is 18.4 Å². The molecule has 0 unspecified atom stereocenters. The first-order chi connectivity index (χ1) is 7.65. The Morgan fingerprint density at radius 3 is 3.06 bits per heavy atom. The molecule has 1 aliphatic rings. The van der Waals surface area contributed by atoms with E-state index in [1.807, 2.05) is 4.90 Å². The Morgan fingerprint density at radius 2 is 2.44 bits per heavy atom. The molecule has 1 aromatic heterocycles. The number of aromatic nitrogens is 4. The number of tetrazole rings is 1. The van der Waals surface area contributed by atoms with Crippen molar-refractivity contribution in [3.05, 3.63) is 0 Å². The highest BCUT2D eigenvalue weighted by Gasteiger charge is 2.28. The average molecular weight is 226 g/mol. The number of piperidine rings is 1. The number of anilines is 1. The summed E-state index contributed by atoms with van der Waals surface area (Å²) in [7, 11) is 0. The van der Waals surface area contributed by atoms with Crippen LogP contribution in [0.4, 0.5) is 10.7 Å². The Bertz CT molecular complexity index is 353. The lowest BCUT2D eigenvalue weighted by molar-refractivity contribution is 0.0851. The van der Waals surface area contributed by atoms with Gasteiger partial charge in [-0.1, -0.05) is 12.0 Å². The number of carbonyl (C=O) groups excluding carboxylic acids is 1. The third kappa shape index (κ3) is 2.38. The van der Waals surface area contributed by atoms with Crippen LogP contribution in [0.25, 0.3) is 0 Å². The number of rotatable bonds is 2. The third-order valence-corrected chi connectivity index (χ3v) is 2.54. The molecular formula is C8H14N6O2. The number of amides is 1. The molecule has 1 amide bonds. The molecule has 0 aliphatic carbocycles. The van der Waals surface area contributed by atoms with Crippen LogP contribution in [0.2, 0.25) is 0 Å². The summed E-state index contributed by atoms with van der Waals surface area (Å²) in [5, 5.41) is 13.5. The monoisotopic (exact) mass is 226 g/mol. The lowest BCUT2D eigenvalue weighted by Gasteiger charge is -2.34. The van der Waals surface area contributed by atoms with E-state index in [9.17, 15) is 4.79 Å². The minimum absolute atomic E-state index is 0.202. The highest BCUT2D eigenvalue weighted by molar-refractivity contribution is 5.64. The van der Waals surface area contributed by atoms with Crippen molar-refractivity contribution < 1.29 is 9.53 Å². The van der Waals surface area contributed by atoms with Crippen molar-refractivity contribution in [3.8, 4) is 0 Å². The summed E-state index contributed by atoms with van der Waals surface area (Å²) in [4.78, 5) is 12.6. The van der Waals surface area contributed by atoms with Crippen molar-refractivity contribution >= 4 is 12.0 Å². The number of primary amides is 1. The summed E-state index contributed by atoms with van der Waals surface area (Å²) in [6.45, 7) is 3.47. The van der Waals surface area contributed by atoms with E-state index in [-0.39, 0.29) is 6.10 Å². The van der Waals surface area contributed by atoms with Crippen LogP contribution in [-0.2, 0) is 4.74 Å². The molecule has 1 fully saturated rings. The molecule has 0 bridgehead atoms. The number of aromatic amines is 1. The van der Waals surface area contributed by atoms with Crippen LogP contribution in [0.1, 0.15) is 13.3 Å². The quantitative estimate of drug-likeness (QED) is 0.704. The van der Waals surface area contributed by atoms with Crippen LogP contribution in [0, 0.1) is 5.92 Å². The summed E-state index contributed by atoms with van der Waals surface area (Å²) >= 11 is 0. The number of hydrogen-bond acceptors (Lipinski definition) is 6. The molecule has 0 spiro atoms. The van der Waals surface area contributed by atoms with E-state index >= 15 is 0 Å². The van der Waals surface area contributed by atoms with E-state index in [1.54, 1.807) is 0 Å². The van der Waals surface area contributed by atoms with Crippen molar-refractivity contribution in [1.82, 2.24) is 20.6 Å². The second-order valence-electron chi connectivity index (χ2n) is 4.03. The van der Waals surface area contributed by atoms with Gasteiger partial charge in [-0.3, -0.25) is 0 Å². The van der Waals surface area contributed by atoms with E-state index in [0.717, 1.165) is 13.0 Å². The van der Waals surface area contributed by atoms with Gasteiger partial charge in [0.05, 0.1) is 6.54 Å². The number of ether oxygens (including phenoxy) is 1. The Kier molecular flexibility index (Phi) is 2.88. The molecule has 88 valence electrons. The lowest BCUT2D eigenvalue weighted by Crippen LogP contribution is -2.45. The molecule has 1 aliphatic heterocycles. The molecule has 16 heavy (non-hydrogen) atoms. The predicted molar refractivity (Wildman–Crippen MR) is 54.6 cm³/mol. The molecule has 2 rings (SSSR count). The van der Waals surface area contributed by atoms with Gasteiger partial charge in [0.25, 0.3) is 0 Å². The van der Waals surface area contributed by atoms with Crippen LogP contribution >= 0.6 is 0 Å². The van der Waals surface area contributed by atoms with E-state index < -0.39 is 6.09 Å². The Labute approximate surface area is 92.1 Å². The number of H-pyrrole nitrogens is 1. The fourth-order valence-electron chi connectivity index (χ4n) is 2.01. The molecule has 2 heterocycles. The summed E-state index contributed by atoms with van der Waals surface area (Å²) in [5.41, 5.74) is 5.01. The van der Waals surface area contributed by atoms with Gasteiger partial charge in [0.15, 0.2) is 0 Å². The van der Waals surface area contributed by atoms with Crippen molar-refractivity contribution in [3.63, 3.8) is 0 Å². The first-order valence-electron chi connectivity index (χ1n) is 5.10. The first kappa shape index (κ1) is 10.7.